The molecule has 1 aromatic rings. The van der Waals surface area contributed by atoms with Crippen molar-refractivity contribution < 1.29 is 14.4 Å². The highest BCUT2D eigenvalue weighted by molar-refractivity contribution is 6.05. The first-order valence-electron chi connectivity index (χ1n) is 10.8. The van der Waals surface area contributed by atoms with Crippen LogP contribution in [-0.2, 0) is 16.1 Å². The van der Waals surface area contributed by atoms with Gasteiger partial charge in [-0.25, -0.2) is 0 Å². The van der Waals surface area contributed by atoms with Crippen LogP contribution in [0.25, 0.3) is 0 Å². The largest absolute Gasteiger partial charge is 0.372 e. The summed E-state index contributed by atoms with van der Waals surface area (Å²) in [4.78, 5) is 40.4. The van der Waals surface area contributed by atoms with E-state index in [1.165, 1.54) is 19.3 Å². The van der Waals surface area contributed by atoms with Crippen molar-refractivity contribution in [3.63, 3.8) is 0 Å². The van der Waals surface area contributed by atoms with Crippen LogP contribution in [0, 0.1) is 5.92 Å². The van der Waals surface area contributed by atoms with Crippen LogP contribution in [0.1, 0.15) is 54.9 Å². The second-order valence-corrected chi connectivity index (χ2v) is 8.38. The van der Waals surface area contributed by atoms with Gasteiger partial charge in [-0.15, -0.1) is 0 Å². The average Bonchev–Trinajstić information content (AvgIpc) is 3.04. The number of carbonyl (C=O) groups is 3. The molecule has 0 aromatic heterocycles. The molecule has 156 valence electrons. The second-order valence-electron chi connectivity index (χ2n) is 8.38. The van der Waals surface area contributed by atoms with Crippen LogP contribution in [0.4, 0.5) is 5.69 Å². The number of rotatable bonds is 6. The summed E-state index contributed by atoms with van der Waals surface area (Å²) in [5, 5.41) is 5.88. The normalized spacial score (nSPS) is 22.8. The predicted octanol–water partition coefficient (Wildman–Crippen LogP) is 1.66. The van der Waals surface area contributed by atoms with Crippen molar-refractivity contribution in [2.45, 2.75) is 51.6 Å². The van der Waals surface area contributed by atoms with E-state index in [4.69, 9.17) is 0 Å². The summed E-state index contributed by atoms with van der Waals surface area (Å²) >= 11 is 0. The minimum Gasteiger partial charge on any atom is -0.372 e. The summed E-state index contributed by atoms with van der Waals surface area (Å²) in [5.41, 5.74) is 2.81. The lowest BCUT2D eigenvalue weighted by Gasteiger charge is -2.34. The lowest BCUT2D eigenvalue weighted by molar-refractivity contribution is -0.136. The molecule has 0 saturated carbocycles. The van der Waals surface area contributed by atoms with Crippen LogP contribution in [0.2, 0.25) is 0 Å². The molecule has 0 aliphatic carbocycles. The van der Waals surface area contributed by atoms with E-state index in [1.807, 2.05) is 12.1 Å². The predicted molar refractivity (Wildman–Crippen MR) is 111 cm³/mol. The third-order valence-electron chi connectivity index (χ3n) is 6.35. The molecule has 1 unspecified atom stereocenters. The highest BCUT2D eigenvalue weighted by Crippen LogP contribution is 2.32. The number of anilines is 1. The maximum atomic E-state index is 12.8. The standard InChI is InChI=1S/C22H30N4O3/c1-2-9-23-13-15-7-10-25(11-8-15)17-3-4-18-16(12-17)14-26(22(18)29)19-5-6-20(27)24-21(19)28/h3-4,12,15,19,23H,2,5-11,13-14H2,1H3,(H,24,27,28). The summed E-state index contributed by atoms with van der Waals surface area (Å²) in [6, 6.07) is 5.48. The second kappa shape index (κ2) is 8.53. The van der Waals surface area contributed by atoms with Crippen molar-refractivity contribution >= 4 is 23.4 Å². The molecule has 1 atom stereocenters. The number of hydrogen-bond acceptors (Lipinski definition) is 5. The Hall–Kier alpha value is -2.41. The van der Waals surface area contributed by atoms with E-state index in [0.29, 0.717) is 18.5 Å². The summed E-state index contributed by atoms with van der Waals surface area (Å²) in [6.07, 6.45) is 4.20. The molecule has 3 aliphatic rings. The van der Waals surface area contributed by atoms with Gasteiger partial charge in [0.15, 0.2) is 0 Å². The Morgan fingerprint density at radius 1 is 1.14 bits per heavy atom. The number of nitrogens with zero attached hydrogens (tertiary/aromatic N) is 2. The van der Waals surface area contributed by atoms with Crippen LogP contribution in [0.15, 0.2) is 18.2 Å². The number of benzene rings is 1. The number of piperidine rings is 2. The molecule has 2 saturated heterocycles. The van der Waals surface area contributed by atoms with E-state index in [2.05, 4.69) is 28.5 Å². The van der Waals surface area contributed by atoms with Crippen molar-refractivity contribution in [3.05, 3.63) is 29.3 Å². The molecule has 3 amide bonds. The zero-order chi connectivity index (χ0) is 20.4. The lowest BCUT2D eigenvalue weighted by Crippen LogP contribution is -2.52. The minimum absolute atomic E-state index is 0.109. The monoisotopic (exact) mass is 398 g/mol. The van der Waals surface area contributed by atoms with E-state index in [0.717, 1.165) is 43.3 Å². The molecule has 3 aliphatic heterocycles. The van der Waals surface area contributed by atoms with Crippen LogP contribution in [-0.4, -0.2) is 54.8 Å². The molecule has 2 N–H and O–H groups in total. The Bertz CT molecular complexity index is 801. The Morgan fingerprint density at radius 3 is 2.66 bits per heavy atom. The molecule has 29 heavy (non-hydrogen) atoms. The Kier molecular flexibility index (Phi) is 5.85. The van der Waals surface area contributed by atoms with E-state index < -0.39 is 6.04 Å². The quantitative estimate of drug-likeness (QED) is 0.563. The number of imide groups is 1. The topological polar surface area (TPSA) is 81.8 Å². The lowest BCUT2D eigenvalue weighted by atomic mass is 9.96. The minimum atomic E-state index is -0.553. The van der Waals surface area contributed by atoms with Crippen molar-refractivity contribution in [2.75, 3.05) is 31.1 Å². The van der Waals surface area contributed by atoms with Gasteiger partial charge >= 0.3 is 0 Å². The fourth-order valence-corrected chi connectivity index (χ4v) is 4.64. The first-order chi connectivity index (χ1) is 14.1. The molecule has 4 rings (SSSR count). The van der Waals surface area contributed by atoms with Gasteiger partial charge in [0.2, 0.25) is 11.8 Å². The molecular weight excluding hydrogens is 368 g/mol. The Morgan fingerprint density at radius 2 is 1.93 bits per heavy atom. The molecule has 3 heterocycles. The third kappa shape index (κ3) is 4.15. The summed E-state index contributed by atoms with van der Waals surface area (Å²) in [7, 11) is 0. The zero-order valence-corrected chi connectivity index (χ0v) is 17.1. The number of nitrogens with one attached hydrogen (secondary N) is 2. The maximum absolute atomic E-state index is 12.8. The zero-order valence-electron chi connectivity index (χ0n) is 17.1. The van der Waals surface area contributed by atoms with Crippen molar-refractivity contribution in [3.8, 4) is 0 Å². The molecule has 1 aromatic carbocycles. The Balaban J connectivity index is 1.39. The van der Waals surface area contributed by atoms with Gasteiger partial charge in [-0.05, 0) is 68.5 Å². The average molecular weight is 399 g/mol. The molecule has 2 fully saturated rings. The summed E-state index contributed by atoms with van der Waals surface area (Å²) < 4.78 is 0. The van der Waals surface area contributed by atoms with Gasteiger partial charge in [0, 0.05) is 37.3 Å². The highest BCUT2D eigenvalue weighted by atomic mass is 16.2. The van der Waals surface area contributed by atoms with E-state index in [9.17, 15) is 14.4 Å². The smallest absolute Gasteiger partial charge is 0.255 e. The third-order valence-corrected chi connectivity index (χ3v) is 6.35. The van der Waals surface area contributed by atoms with Crippen LogP contribution < -0.4 is 15.5 Å². The van der Waals surface area contributed by atoms with Crippen molar-refractivity contribution in [1.29, 1.82) is 0 Å². The van der Waals surface area contributed by atoms with Crippen LogP contribution in [0.3, 0.4) is 0 Å². The maximum Gasteiger partial charge on any atom is 0.255 e. The van der Waals surface area contributed by atoms with Crippen molar-refractivity contribution in [1.82, 2.24) is 15.5 Å². The van der Waals surface area contributed by atoms with E-state index in [1.54, 1.807) is 4.90 Å². The number of carbonyl (C=O) groups excluding carboxylic acids is 3. The first kappa shape index (κ1) is 19.9. The van der Waals surface area contributed by atoms with E-state index >= 15 is 0 Å². The number of hydrogen-bond donors (Lipinski definition) is 2. The molecule has 7 nitrogen and oxygen atoms in total. The fourth-order valence-electron chi connectivity index (χ4n) is 4.64. The molecular formula is C22H30N4O3. The van der Waals surface area contributed by atoms with Gasteiger partial charge in [0.05, 0.1) is 0 Å². The van der Waals surface area contributed by atoms with Gasteiger partial charge in [0.25, 0.3) is 5.91 Å². The summed E-state index contributed by atoms with van der Waals surface area (Å²) in [5.74, 6) is 0.00551. The van der Waals surface area contributed by atoms with Gasteiger partial charge in [-0.3, -0.25) is 19.7 Å². The number of amides is 3. The van der Waals surface area contributed by atoms with Crippen LogP contribution >= 0.6 is 0 Å². The van der Waals surface area contributed by atoms with Gasteiger partial charge in [-0.2, -0.15) is 0 Å². The summed E-state index contributed by atoms with van der Waals surface area (Å²) in [6.45, 7) is 6.87. The Labute approximate surface area is 171 Å². The van der Waals surface area contributed by atoms with E-state index in [-0.39, 0.29) is 24.1 Å². The molecule has 0 radical (unpaired) electrons. The molecule has 0 spiro atoms. The molecule has 7 heteroatoms. The van der Waals surface area contributed by atoms with Crippen LogP contribution in [0.5, 0.6) is 0 Å². The van der Waals surface area contributed by atoms with Gasteiger partial charge < -0.3 is 15.1 Å². The number of fused-ring (bicyclic) bond motifs is 1. The SMILES string of the molecule is CCCNCC1CCN(c2ccc3c(c2)CN(C2CCC(=O)NC2=O)C3=O)CC1. The highest BCUT2D eigenvalue weighted by Gasteiger charge is 2.39. The van der Waals surface area contributed by atoms with Gasteiger partial charge in [0.1, 0.15) is 6.04 Å². The van der Waals surface area contributed by atoms with Gasteiger partial charge in [-0.1, -0.05) is 6.92 Å². The molecule has 0 bridgehead atoms. The van der Waals surface area contributed by atoms with Crippen molar-refractivity contribution in [2.24, 2.45) is 5.92 Å². The fraction of sp³-hybridized carbons (Fsp3) is 0.591. The first-order valence-corrected chi connectivity index (χ1v) is 10.8.